The number of rotatable bonds is 6. The second-order valence-electron chi connectivity index (χ2n) is 5.88. The summed E-state index contributed by atoms with van der Waals surface area (Å²) in [5.41, 5.74) is -0.312. The molecule has 1 N–H and O–H groups in total. The standard InChI is InChI=1S/C18H14F3N5O2S/c1-11(27)14-8-22-17(29-14)10-26-23-9-15(25-26)24-16(28)7-4-12-2-5-13(6-3-12)18(19,20)21/h2-9H,10H2,1H3,(H,24,25,28). The molecule has 0 fully saturated rings. The van der Waals surface area contributed by atoms with Crippen LogP contribution in [0.15, 0.2) is 42.7 Å². The topological polar surface area (TPSA) is 89.8 Å². The first-order chi connectivity index (χ1) is 13.7. The van der Waals surface area contributed by atoms with Crippen LogP contribution in [-0.2, 0) is 17.5 Å². The highest BCUT2D eigenvalue weighted by Gasteiger charge is 2.29. The summed E-state index contributed by atoms with van der Waals surface area (Å²) in [4.78, 5) is 29.2. The number of nitrogens with one attached hydrogen (secondary N) is 1. The Morgan fingerprint density at radius 3 is 2.55 bits per heavy atom. The van der Waals surface area contributed by atoms with Gasteiger partial charge in [0.25, 0.3) is 0 Å². The van der Waals surface area contributed by atoms with Crippen LogP contribution in [0.3, 0.4) is 0 Å². The number of alkyl halides is 3. The number of hydrogen-bond acceptors (Lipinski definition) is 6. The first-order valence-electron chi connectivity index (χ1n) is 8.23. The number of benzene rings is 1. The predicted molar refractivity (Wildman–Crippen MR) is 100 cm³/mol. The van der Waals surface area contributed by atoms with Gasteiger partial charge in [0.15, 0.2) is 11.6 Å². The number of ketones is 1. The van der Waals surface area contributed by atoms with E-state index in [9.17, 15) is 22.8 Å². The fourth-order valence-corrected chi connectivity index (χ4v) is 3.01. The second kappa shape index (κ2) is 8.35. The van der Waals surface area contributed by atoms with Crippen molar-refractivity contribution in [3.63, 3.8) is 0 Å². The van der Waals surface area contributed by atoms with Crippen LogP contribution in [-0.4, -0.2) is 31.7 Å². The van der Waals surface area contributed by atoms with E-state index in [-0.39, 0.29) is 18.1 Å². The minimum Gasteiger partial charge on any atom is -0.304 e. The zero-order valence-corrected chi connectivity index (χ0v) is 15.8. The van der Waals surface area contributed by atoms with E-state index in [1.54, 1.807) is 0 Å². The summed E-state index contributed by atoms with van der Waals surface area (Å²) < 4.78 is 37.6. The van der Waals surface area contributed by atoms with Crippen molar-refractivity contribution in [2.24, 2.45) is 0 Å². The maximum Gasteiger partial charge on any atom is 0.416 e. The monoisotopic (exact) mass is 421 g/mol. The van der Waals surface area contributed by atoms with Crippen LogP contribution in [0.5, 0.6) is 0 Å². The van der Waals surface area contributed by atoms with Gasteiger partial charge >= 0.3 is 6.18 Å². The van der Waals surface area contributed by atoms with Gasteiger partial charge in [0.1, 0.15) is 11.6 Å². The number of hydrogen-bond donors (Lipinski definition) is 1. The van der Waals surface area contributed by atoms with Gasteiger partial charge in [-0.1, -0.05) is 12.1 Å². The van der Waals surface area contributed by atoms with Gasteiger partial charge in [0, 0.05) is 19.2 Å². The molecule has 0 aliphatic carbocycles. The van der Waals surface area contributed by atoms with Crippen LogP contribution >= 0.6 is 11.3 Å². The lowest BCUT2D eigenvalue weighted by Gasteiger charge is -2.05. The summed E-state index contributed by atoms with van der Waals surface area (Å²) in [6.07, 6.45) is 1.00. The van der Waals surface area contributed by atoms with Gasteiger partial charge in [-0.05, 0) is 23.8 Å². The number of carbonyl (C=O) groups excluding carboxylic acids is 2. The lowest BCUT2D eigenvalue weighted by molar-refractivity contribution is -0.137. The summed E-state index contributed by atoms with van der Waals surface area (Å²) in [5.74, 6) is -0.379. The molecule has 0 saturated heterocycles. The number of Topliss-reactive ketones (excluding diaryl/α,β-unsaturated/α-hetero) is 1. The lowest BCUT2D eigenvalue weighted by atomic mass is 10.1. The Kier molecular flexibility index (Phi) is 5.87. The van der Waals surface area contributed by atoms with Crippen molar-refractivity contribution in [1.82, 2.24) is 20.0 Å². The number of amides is 1. The van der Waals surface area contributed by atoms with E-state index >= 15 is 0 Å². The minimum absolute atomic E-state index is 0.0741. The van der Waals surface area contributed by atoms with Crippen molar-refractivity contribution >= 4 is 34.9 Å². The molecule has 0 spiro atoms. The van der Waals surface area contributed by atoms with Crippen molar-refractivity contribution in [3.05, 3.63) is 63.7 Å². The molecule has 3 aromatic rings. The van der Waals surface area contributed by atoms with E-state index in [0.29, 0.717) is 15.4 Å². The third-order valence-corrected chi connectivity index (χ3v) is 4.71. The first kappa shape index (κ1) is 20.4. The number of aromatic nitrogens is 4. The molecule has 0 atom stereocenters. The van der Waals surface area contributed by atoms with E-state index in [0.717, 1.165) is 12.1 Å². The van der Waals surface area contributed by atoms with Gasteiger partial charge < -0.3 is 5.32 Å². The Hall–Kier alpha value is -3.34. The van der Waals surface area contributed by atoms with E-state index in [2.05, 4.69) is 20.5 Å². The first-order valence-corrected chi connectivity index (χ1v) is 9.04. The summed E-state index contributed by atoms with van der Waals surface area (Å²) in [7, 11) is 0. The fourth-order valence-electron chi connectivity index (χ4n) is 2.22. The lowest BCUT2D eigenvalue weighted by Crippen LogP contribution is -2.09. The van der Waals surface area contributed by atoms with Crippen molar-refractivity contribution in [2.45, 2.75) is 19.6 Å². The molecule has 150 valence electrons. The molecule has 0 aliphatic heterocycles. The molecule has 1 aromatic carbocycles. The summed E-state index contributed by atoms with van der Waals surface area (Å²) >= 11 is 1.24. The maximum atomic E-state index is 12.5. The summed E-state index contributed by atoms with van der Waals surface area (Å²) in [5, 5.41) is 11.3. The number of anilines is 1. The van der Waals surface area contributed by atoms with E-state index in [4.69, 9.17) is 0 Å². The molecule has 1 amide bonds. The maximum absolute atomic E-state index is 12.5. The number of nitrogens with zero attached hydrogens (tertiary/aromatic N) is 4. The van der Waals surface area contributed by atoms with Gasteiger partial charge in [0.05, 0.1) is 16.6 Å². The molecule has 0 aliphatic rings. The summed E-state index contributed by atoms with van der Waals surface area (Å²) in [6, 6.07) is 4.43. The SMILES string of the molecule is CC(=O)c1cnc(Cn2ncc(NC(=O)C=Cc3ccc(C(F)(F)F)cc3)n2)s1. The predicted octanol–water partition coefficient (Wildman–Crippen LogP) is 3.66. The van der Waals surface area contributed by atoms with Crippen LogP contribution in [0.1, 0.15) is 32.7 Å². The van der Waals surface area contributed by atoms with Gasteiger partial charge in [-0.15, -0.1) is 16.4 Å². The van der Waals surface area contributed by atoms with E-state index in [1.165, 1.54) is 59.7 Å². The zero-order chi connectivity index (χ0) is 21.0. The Morgan fingerprint density at radius 1 is 1.21 bits per heavy atom. The zero-order valence-electron chi connectivity index (χ0n) is 15.0. The number of halogens is 3. The third-order valence-electron chi connectivity index (χ3n) is 3.63. The molecule has 2 aromatic heterocycles. The molecule has 11 heteroatoms. The summed E-state index contributed by atoms with van der Waals surface area (Å²) in [6.45, 7) is 1.70. The van der Waals surface area contributed by atoms with Gasteiger partial charge in [-0.2, -0.15) is 23.1 Å². The minimum atomic E-state index is -4.41. The highest BCUT2D eigenvalue weighted by Crippen LogP contribution is 2.29. The number of thiazole rings is 1. The highest BCUT2D eigenvalue weighted by molar-refractivity contribution is 7.13. The Labute approximate surface area is 166 Å². The molecule has 0 saturated carbocycles. The van der Waals surface area contributed by atoms with E-state index < -0.39 is 17.6 Å². The van der Waals surface area contributed by atoms with Crippen LogP contribution in [0.4, 0.5) is 19.0 Å². The average Bonchev–Trinajstić information content (AvgIpc) is 3.30. The van der Waals surface area contributed by atoms with Gasteiger partial charge in [0.2, 0.25) is 5.91 Å². The molecular weight excluding hydrogens is 407 g/mol. The smallest absolute Gasteiger partial charge is 0.304 e. The van der Waals surface area contributed by atoms with Crippen molar-refractivity contribution in [1.29, 1.82) is 0 Å². The van der Waals surface area contributed by atoms with Crippen LogP contribution in [0.2, 0.25) is 0 Å². The fraction of sp³-hybridized carbons (Fsp3) is 0.167. The van der Waals surface area contributed by atoms with Crippen LogP contribution in [0.25, 0.3) is 6.08 Å². The number of carbonyl (C=O) groups is 2. The molecule has 0 radical (unpaired) electrons. The van der Waals surface area contributed by atoms with Crippen molar-refractivity contribution < 1.29 is 22.8 Å². The average molecular weight is 421 g/mol. The molecule has 2 heterocycles. The van der Waals surface area contributed by atoms with Crippen LogP contribution < -0.4 is 5.32 Å². The Balaban J connectivity index is 1.57. The molecule has 29 heavy (non-hydrogen) atoms. The van der Waals surface area contributed by atoms with E-state index in [1.807, 2.05) is 0 Å². The molecule has 0 unspecified atom stereocenters. The Bertz CT molecular complexity index is 1050. The van der Waals surface area contributed by atoms with Crippen LogP contribution in [0, 0.1) is 0 Å². The third kappa shape index (κ3) is 5.57. The quantitative estimate of drug-likeness (QED) is 0.485. The largest absolute Gasteiger partial charge is 0.416 e. The highest BCUT2D eigenvalue weighted by atomic mass is 32.1. The van der Waals surface area contributed by atoms with Crippen molar-refractivity contribution in [3.8, 4) is 0 Å². The van der Waals surface area contributed by atoms with Gasteiger partial charge in [-0.25, -0.2) is 4.98 Å². The molecular formula is C18H14F3N5O2S. The molecule has 0 bridgehead atoms. The normalized spacial score (nSPS) is 11.7. The molecule has 7 nitrogen and oxygen atoms in total. The Morgan fingerprint density at radius 2 is 1.93 bits per heavy atom. The van der Waals surface area contributed by atoms with Gasteiger partial charge in [-0.3, -0.25) is 9.59 Å². The second-order valence-corrected chi connectivity index (χ2v) is 6.99. The molecule has 3 rings (SSSR count). The van der Waals surface area contributed by atoms with Crippen molar-refractivity contribution in [2.75, 3.05) is 5.32 Å².